The monoisotopic (exact) mass is 264 g/mol. The Hall–Kier alpha value is -0.650. The second-order valence-corrected chi connectivity index (χ2v) is 3.64. The molecule has 0 saturated carbocycles. The average molecular weight is 265 g/mol. The Morgan fingerprint density at radius 1 is 1.62 bits per heavy atom. The first kappa shape index (κ1) is 10.4. The third-order valence-corrected chi connectivity index (χ3v) is 2.46. The molecule has 0 heterocycles. The van der Waals surface area contributed by atoms with Gasteiger partial charge in [0.2, 0.25) is 0 Å². The number of nitrogens with two attached hydrogens (primary N) is 1. The fourth-order valence-corrected chi connectivity index (χ4v) is 1.91. The standard InChI is InChI=1S/C7H6BrClN2O2/c8-6-1-4(9)2-7(11(12)13)5(6)3-10/h1-2H,3,10H2. The molecule has 0 saturated heterocycles. The highest BCUT2D eigenvalue weighted by Crippen LogP contribution is 2.30. The Labute approximate surface area is 88.0 Å². The second kappa shape index (κ2) is 4.04. The van der Waals surface area contributed by atoms with Crippen LogP contribution in [0, 0.1) is 10.1 Å². The van der Waals surface area contributed by atoms with Crippen LogP contribution < -0.4 is 5.73 Å². The molecule has 2 N–H and O–H groups in total. The maximum atomic E-state index is 10.6. The maximum Gasteiger partial charge on any atom is 0.276 e. The molecule has 1 aromatic carbocycles. The van der Waals surface area contributed by atoms with E-state index >= 15 is 0 Å². The van der Waals surface area contributed by atoms with Crippen molar-refractivity contribution in [1.82, 2.24) is 0 Å². The van der Waals surface area contributed by atoms with Gasteiger partial charge in [-0.1, -0.05) is 27.5 Å². The zero-order valence-corrected chi connectivity index (χ0v) is 8.80. The van der Waals surface area contributed by atoms with Gasteiger partial charge in [0.1, 0.15) is 0 Å². The van der Waals surface area contributed by atoms with E-state index in [4.69, 9.17) is 17.3 Å². The molecule has 13 heavy (non-hydrogen) atoms. The quantitative estimate of drug-likeness (QED) is 0.659. The molecule has 1 rings (SSSR count). The van der Waals surface area contributed by atoms with Crippen LogP contribution in [0.2, 0.25) is 5.02 Å². The number of halogens is 2. The van der Waals surface area contributed by atoms with Gasteiger partial charge in [-0.15, -0.1) is 0 Å². The molecule has 0 spiro atoms. The van der Waals surface area contributed by atoms with E-state index in [0.29, 0.717) is 15.1 Å². The van der Waals surface area contributed by atoms with E-state index in [1.54, 1.807) is 6.07 Å². The van der Waals surface area contributed by atoms with Gasteiger partial charge >= 0.3 is 0 Å². The molecule has 0 aliphatic rings. The summed E-state index contributed by atoms with van der Waals surface area (Å²) in [6, 6.07) is 2.87. The van der Waals surface area contributed by atoms with E-state index < -0.39 is 4.92 Å². The number of hydrogen-bond donors (Lipinski definition) is 1. The summed E-state index contributed by atoms with van der Waals surface area (Å²) < 4.78 is 0.564. The molecule has 0 radical (unpaired) electrons. The number of benzene rings is 1. The second-order valence-electron chi connectivity index (χ2n) is 2.35. The average Bonchev–Trinajstić information content (AvgIpc) is 2.02. The van der Waals surface area contributed by atoms with Gasteiger partial charge < -0.3 is 5.73 Å². The molecule has 70 valence electrons. The zero-order valence-electron chi connectivity index (χ0n) is 6.46. The van der Waals surface area contributed by atoms with Crippen LogP contribution in [0.15, 0.2) is 16.6 Å². The van der Waals surface area contributed by atoms with Crippen LogP contribution >= 0.6 is 27.5 Å². The first-order valence-electron chi connectivity index (χ1n) is 3.38. The zero-order chi connectivity index (χ0) is 10.0. The van der Waals surface area contributed by atoms with Crippen molar-refractivity contribution in [3.63, 3.8) is 0 Å². The lowest BCUT2D eigenvalue weighted by molar-refractivity contribution is -0.385. The summed E-state index contributed by atoms with van der Waals surface area (Å²) in [6.45, 7) is 0.105. The van der Waals surface area contributed by atoms with Gasteiger partial charge in [0.15, 0.2) is 0 Å². The van der Waals surface area contributed by atoms with Crippen LogP contribution in [0.25, 0.3) is 0 Å². The lowest BCUT2D eigenvalue weighted by atomic mass is 10.2. The third-order valence-electron chi connectivity index (χ3n) is 1.54. The van der Waals surface area contributed by atoms with Crippen LogP contribution in [0.3, 0.4) is 0 Å². The summed E-state index contributed by atoms with van der Waals surface area (Å²) in [5, 5.41) is 10.9. The molecule has 4 nitrogen and oxygen atoms in total. The van der Waals surface area contributed by atoms with Crippen LogP contribution in [0.4, 0.5) is 5.69 Å². The third kappa shape index (κ3) is 2.18. The summed E-state index contributed by atoms with van der Waals surface area (Å²) >= 11 is 8.81. The predicted octanol–water partition coefficient (Wildman–Crippen LogP) is 2.47. The van der Waals surface area contributed by atoms with Crippen LogP contribution in [0.1, 0.15) is 5.56 Å². The Bertz CT molecular complexity index is 357. The van der Waals surface area contributed by atoms with Crippen molar-refractivity contribution in [1.29, 1.82) is 0 Å². The highest BCUT2D eigenvalue weighted by atomic mass is 79.9. The number of rotatable bonds is 2. The molecule has 0 aliphatic heterocycles. The Morgan fingerprint density at radius 2 is 2.23 bits per heavy atom. The highest BCUT2D eigenvalue weighted by Gasteiger charge is 2.16. The number of nitro groups is 1. The maximum absolute atomic E-state index is 10.6. The summed E-state index contributed by atoms with van der Waals surface area (Å²) in [5.41, 5.74) is 5.76. The first-order chi connectivity index (χ1) is 6.06. The van der Waals surface area contributed by atoms with Crippen molar-refractivity contribution in [2.75, 3.05) is 0 Å². The molecule has 0 aliphatic carbocycles. The van der Waals surface area contributed by atoms with Crippen LogP contribution in [-0.2, 0) is 6.54 Å². The largest absolute Gasteiger partial charge is 0.326 e. The van der Waals surface area contributed by atoms with E-state index in [1.807, 2.05) is 0 Å². The molecule has 0 amide bonds. The Balaban J connectivity index is 3.38. The Morgan fingerprint density at radius 3 is 2.69 bits per heavy atom. The minimum absolute atomic E-state index is 0.0538. The number of nitro benzene ring substituents is 1. The minimum atomic E-state index is -0.501. The molecule has 0 fully saturated rings. The summed E-state index contributed by atoms with van der Waals surface area (Å²) in [6.07, 6.45) is 0. The van der Waals surface area contributed by atoms with Crippen LogP contribution in [-0.4, -0.2) is 4.92 Å². The van der Waals surface area contributed by atoms with Gasteiger partial charge in [0.05, 0.1) is 10.5 Å². The predicted molar refractivity (Wildman–Crippen MR) is 53.7 cm³/mol. The van der Waals surface area contributed by atoms with E-state index in [2.05, 4.69) is 15.9 Å². The van der Waals surface area contributed by atoms with E-state index in [-0.39, 0.29) is 12.2 Å². The van der Waals surface area contributed by atoms with Gasteiger partial charge in [-0.3, -0.25) is 10.1 Å². The fraction of sp³-hybridized carbons (Fsp3) is 0.143. The minimum Gasteiger partial charge on any atom is -0.326 e. The lowest BCUT2D eigenvalue weighted by Crippen LogP contribution is -2.02. The fourth-order valence-electron chi connectivity index (χ4n) is 0.955. The van der Waals surface area contributed by atoms with Crippen molar-refractivity contribution >= 4 is 33.2 Å². The molecule has 0 atom stereocenters. The SMILES string of the molecule is NCc1c(Br)cc(Cl)cc1[N+](=O)[O-]. The first-order valence-corrected chi connectivity index (χ1v) is 4.55. The molecule has 6 heteroatoms. The highest BCUT2D eigenvalue weighted by molar-refractivity contribution is 9.10. The number of nitrogens with zero attached hydrogens (tertiary/aromatic N) is 1. The summed E-state index contributed by atoms with van der Waals surface area (Å²) in [5.74, 6) is 0. The van der Waals surface area contributed by atoms with Crippen LogP contribution in [0.5, 0.6) is 0 Å². The summed E-state index contributed by atoms with van der Waals surface area (Å²) in [4.78, 5) is 10.1. The Kier molecular flexibility index (Phi) is 3.24. The van der Waals surface area contributed by atoms with Crippen molar-refractivity contribution in [2.24, 2.45) is 5.73 Å². The van der Waals surface area contributed by atoms with Gasteiger partial charge in [0.25, 0.3) is 5.69 Å². The van der Waals surface area contributed by atoms with Gasteiger partial charge in [0, 0.05) is 22.1 Å². The normalized spacial score (nSPS) is 10.1. The van der Waals surface area contributed by atoms with E-state index in [1.165, 1.54) is 6.07 Å². The molecule has 1 aromatic rings. The van der Waals surface area contributed by atoms with Crippen molar-refractivity contribution < 1.29 is 4.92 Å². The smallest absolute Gasteiger partial charge is 0.276 e. The molecular formula is C7H6BrClN2O2. The van der Waals surface area contributed by atoms with Crippen molar-refractivity contribution in [2.45, 2.75) is 6.54 Å². The lowest BCUT2D eigenvalue weighted by Gasteiger charge is -2.02. The summed E-state index contributed by atoms with van der Waals surface area (Å²) in [7, 11) is 0. The molecule has 0 aromatic heterocycles. The molecule has 0 unspecified atom stereocenters. The molecule has 0 bridgehead atoms. The van der Waals surface area contributed by atoms with Crippen molar-refractivity contribution in [3.8, 4) is 0 Å². The van der Waals surface area contributed by atoms with E-state index in [0.717, 1.165) is 0 Å². The topological polar surface area (TPSA) is 69.2 Å². The number of hydrogen-bond acceptors (Lipinski definition) is 3. The van der Waals surface area contributed by atoms with E-state index in [9.17, 15) is 10.1 Å². The van der Waals surface area contributed by atoms with Gasteiger partial charge in [-0.25, -0.2) is 0 Å². The van der Waals surface area contributed by atoms with Gasteiger partial charge in [-0.05, 0) is 6.07 Å². The van der Waals surface area contributed by atoms with Gasteiger partial charge in [-0.2, -0.15) is 0 Å². The molecular weight excluding hydrogens is 259 g/mol. The van der Waals surface area contributed by atoms with Crippen molar-refractivity contribution in [3.05, 3.63) is 37.3 Å².